The number of hydrogen-bond donors (Lipinski definition) is 0. The Bertz CT molecular complexity index is 477. The van der Waals surface area contributed by atoms with Crippen molar-refractivity contribution in [1.82, 2.24) is 0 Å². The molecule has 0 heterocycles. The third-order valence-electron chi connectivity index (χ3n) is 5.22. The second-order valence-electron chi connectivity index (χ2n) is 7.16. The van der Waals surface area contributed by atoms with Gasteiger partial charge >= 0.3 is 0 Å². The van der Waals surface area contributed by atoms with E-state index in [1.165, 1.54) is 56.1 Å². The number of benzene rings is 1. The summed E-state index contributed by atoms with van der Waals surface area (Å²) in [5.74, 6) is 1.84. The summed E-state index contributed by atoms with van der Waals surface area (Å²) < 4.78 is 5.65. The maximum absolute atomic E-state index is 5.65. The Morgan fingerprint density at radius 3 is 2.33 bits per heavy atom. The Morgan fingerprint density at radius 1 is 1.00 bits per heavy atom. The van der Waals surface area contributed by atoms with Gasteiger partial charge in [-0.05, 0) is 61.5 Å². The van der Waals surface area contributed by atoms with Crippen LogP contribution in [0.5, 0.6) is 0 Å². The van der Waals surface area contributed by atoms with Crippen molar-refractivity contribution in [1.29, 1.82) is 0 Å². The fraction of sp³-hybridized carbons (Fsp3) is 0.565. The molecule has 0 radical (unpaired) electrons. The van der Waals surface area contributed by atoms with Gasteiger partial charge in [0.2, 0.25) is 0 Å². The summed E-state index contributed by atoms with van der Waals surface area (Å²) in [5.41, 5.74) is 2.74. The third-order valence-corrected chi connectivity index (χ3v) is 5.22. The van der Waals surface area contributed by atoms with E-state index in [1.54, 1.807) is 0 Å². The van der Waals surface area contributed by atoms with Gasteiger partial charge in [-0.3, -0.25) is 0 Å². The molecule has 2 rings (SSSR count). The Labute approximate surface area is 148 Å². The van der Waals surface area contributed by atoms with Crippen LogP contribution in [0, 0.1) is 11.8 Å². The molecule has 0 saturated heterocycles. The van der Waals surface area contributed by atoms with Crippen molar-refractivity contribution in [2.24, 2.45) is 11.8 Å². The maximum Gasteiger partial charge on any atom is 0.0721 e. The van der Waals surface area contributed by atoms with Crippen LogP contribution in [0.1, 0.15) is 63.0 Å². The van der Waals surface area contributed by atoms with Crippen LogP contribution >= 0.6 is 0 Å². The summed E-state index contributed by atoms with van der Waals surface area (Å²) in [6.07, 6.45) is 16.8. The zero-order valence-electron chi connectivity index (χ0n) is 15.4. The highest BCUT2D eigenvalue weighted by molar-refractivity contribution is 5.22. The summed E-state index contributed by atoms with van der Waals surface area (Å²) in [4.78, 5) is 0. The molecule has 0 spiro atoms. The lowest BCUT2D eigenvalue weighted by Gasteiger charge is -2.27. The lowest BCUT2D eigenvalue weighted by Crippen LogP contribution is -2.14. The second-order valence-corrected chi connectivity index (χ2v) is 7.16. The van der Waals surface area contributed by atoms with Gasteiger partial charge in [0.15, 0.2) is 0 Å². The average molecular weight is 327 g/mol. The Kier molecular flexibility index (Phi) is 8.91. The van der Waals surface area contributed by atoms with Gasteiger partial charge < -0.3 is 4.74 Å². The molecule has 0 unspecified atom stereocenters. The van der Waals surface area contributed by atoms with Crippen molar-refractivity contribution in [3.63, 3.8) is 0 Å². The average Bonchev–Trinajstić information content (AvgIpc) is 2.62. The SMILES string of the molecule is C=CC[C@H]1CC[C@H](CCc2ccc(COCC=CCC)cc2)CC1. The summed E-state index contributed by atoms with van der Waals surface area (Å²) in [6.45, 7) is 7.44. The van der Waals surface area contributed by atoms with Gasteiger partial charge in [-0.1, -0.05) is 62.3 Å². The molecule has 0 atom stereocenters. The molecule has 1 heteroatoms. The van der Waals surface area contributed by atoms with Crippen molar-refractivity contribution in [3.05, 3.63) is 60.2 Å². The normalized spacial score (nSPS) is 21.2. The van der Waals surface area contributed by atoms with E-state index in [2.05, 4.69) is 56.0 Å². The molecule has 0 bridgehead atoms. The molecule has 1 aromatic carbocycles. The smallest absolute Gasteiger partial charge is 0.0721 e. The van der Waals surface area contributed by atoms with E-state index in [4.69, 9.17) is 4.74 Å². The predicted octanol–water partition coefficient (Wildman–Crippen LogP) is 6.48. The second kappa shape index (κ2) is 11.3. The monoisotopic (exact) mass is 326 g/mol. The van der Waals surface area contributed by atoms with E-state index in [1.807, 2.05) is 0 Å². The van der Waals surface area contributed by atoms with Crippen LogP contribution in [-0.4, -0.2) is 6.61 Å². The third kappa shape index (κ3) is 7.05. The molecule has 24 heavy (non-hydrogen) atoms. The molecule has 0 aromatic heterocycles. The highest BCUT2D eigenvalue weighted by Crippen LogP contribution is 2.33. The van der Waals surface area contributed by atoms with Crippen LogP contribution in [0.15, 0.2) is 49.1 Å². The van der Waals surface area contributed by atoms with E-state index >= 15 is 0 Å². The van der Waals surface area contributed by atoms with Crippen LogP contribution in [-0.2, 0) is 17.8 Å². The molecular formula is C23H34O. The van der Waals surface area contributed by atoms with E-state index in [0.29, 0.717) is 13.2 Å². The molecule has 1 nitrogen and oxygen atoms in total. The van der Waals surface area contributed by atoms with Crippen molar-refractivity contribution in [3.8, 4) is 0 Å². The number of hydrogen-bond acceptors (Lipinski definition) is 1. The number of aryl methyl sites for hydroxylation is 1. The molecule has 0 amide bonds. The first kappa shape index (κ1) is 19.0. The minimum absolute atomic E-state index is 0.710. The molecule has 132 valence electrons. The van der Waals surface area contributed by atoms with E-state index in [0.717, 1.165) is 18.3 Å². The first-order chi connectivity index (χ1) is 11.8. The summed E-state index contributed by atoms with van der Waals surface area (Å²) in [7, 11) is 0. The molecule has 1 aromatic rings. The molecule has 0 aliphatic heterocycles. The van der Waals surface area contributed by atoms with Crippen molar-refractivity contribution in [2.45, 2.75) is 64.9 Å². The van der Waals surface area contributed by atoms with Gasteiger partial charge in [-0.15, -0.1) is 6.58 Å². The van der Waals surface area contributed by atoms with E-state index < -0.39 is 0 Å². The van der Waals surface area contributed by atoms with Crippen LogP contribution in [0.3, 0.4) is 0 Å². The van der Waals surface area contributed by atoms with Gasteiger partial charge in [0.25, 0.3) is 0 Å². The first-order valence-corrected chi connectivity index (χ1v) is 9.73. The van der Waals surface area contributed by atoms with E-state index in [-0.39, 0.29) is 0 Å². The van der Waals surface area contributed by atoms with Gasteiger partial charge in [0, 0.05) is 0 Å². The lowest BCUT2D eigenvalue weighted by molar-refractivity contribution is 0.148. The number of allylic oxidation sites excluding steroid dienone is 2. The van der Waals surface area contributed by atoms with Gasteiger partial charge in [0.05, 0.1) is 13.2 Å². The first-order valence-electron chi connectivity index (χ1n) is 9.73. The van der Waals surface area contributed by atoms with Crippen LogP contribution in [0.25, 0.3) is 0 Å². The summed E-state index contributed by atoms with van der Waals surface area (Å²) >= 11 is 0. The molecule has 1 aliphatic rings. The van der Waals surface area contributed by atoms with Gasteiger partial charge in [-0.2, -0.15) is 0 Å². The molecule has 0 N–H and O–H groups in total. The minimum atomic E-state index is 0.710. The molecule has 1 aliphatic carbocycles. The van der Waals surface area contributed by atoms with Crippen molar-refractivity contribution in [2.75, 3.05) is 6.61 Å². The Hall–Kier alpha value is -1.34. The fourth-order valence-corrected chi connectivity index (χ4v) is 3.64. The van der Waals surface area contributed by atoms with Crippen LogP contribution < -0.4 is 0 Å². The summed E-state index contributed by atoms with van der Waals surface area (Å²) in [5, 5.41) is 0. The van der Waals surface area contributed by atoms with Gasteiger partial charge in [-0.25, -0.2) is 0 Å². The fourth-order valence-electron chi connectivity index (χ4n) is 3.64. The zero-order valence-corrected chi connectivity index (χ0v) is 15.4. The van der Waals surface area contributed by atoms with Crippen molar-refractivity contribution >= 4 is 0 Å². The predicted molar refractivity (Wildman–Crippen MR) is 104 cm³/mol. The summed E-state index contributed by atoms with van der Waals surface area (Å²) in [6, 6.07) is 9.01. The molecule has 1 saturated carbocycles. The topological polar surface area (TPSA) is 9.23 Å². The lowest BCUT2D eigenvalue weighted by atomic mass is 9.78. The Morgan fingerprint density at radius 2 is 1.67 bits per heavy atom. The number of rotatable bonds is 10. The number of ether oxygens (including phenoxy) is 1. The molecule has 1 fully saturated rings. The highest BCUT2D eigenvalue weighted by Gasteiger charge is 2.19. The maximum atomic E-state index is 5.65. The minimum Gasteiger partial charge on any atom is -0.373 e. The molecular weight excluding hydrogens is 292 g/mol. The standard InChI is InChI=1S/C23H34O/c1-3-5-6-18-24-19-23-16-14-22(15-17-23)13-12-21-10-8-20(7-4-2)9-11-21/h4-6,14-17,20-21H,2-3,7-13,18-19H2,1H3/t20-,21-. The largest absolute Gasteiger partial charge is 0.373 e. The Balaban J connectivity index is 1.65. The van der Waals surface area contributed by atoms with Crippen LogP contribution in [0.2, 0.25) is 0 Å². The highest BCUT2D eigenvalue weighted by atomic mass is 16.5. The van der Waals surface area contributed by atoms with Crippen molar-refractivity contribution < 1.29 is 4.74 Å². The van der Waals surface area contributed by atoms with Crippen LogP contribution in [0.4, 0.5) is 0 Å². The van der Waals surface area contributed by atoms with Gasteiger partial charge in [0.1, 0.15) is 0 Å². The zero-order chi connectivity index (χ0) is 17.0. The van der Waals surface area contributed by atoms with E-state index in [9.17, 15) is 0 Å². The quantitative estimate of drug-likeness (QED) is 0.353.